The molecular weight excluding hydrogens is 352 g/mol. The van der Waals surface area contributed by atoms with E-state index in [1.807, 2.05) is 41.9 Å². The third-order valence-corrected chi connectivity index (χ3v) is 4.69. The molecule has 0 aliphatic carbocycles. The van der Waals surface area contributed by atoms with Crippen molar-refractivity contribution in [2.45, 2.75) is 59.0 Å². The Labute approximate surface area is 166 Å². The van der Waals surface area contributed by atoms with Gasteiger partial charge in [-0.3, -0.25) is 4.68 Å². The molecule has 0 saturated heterocycles. The molecule has 0 aliphatic rings. The number of hydrogen-bond donors (Lipinski definition) is 3. The zero-order valence-electron chi connectivity index (χ0n) is 17.3. The second kappa shape index (κ2) is 8.56. The van der Waals surface area contributed by atoms with Crippen LogP contribution in [0, 0.1) is 0 Å². The molecule has 0 amide bonds. The Morgan fingerprint density at radius 2 is 1.79 bits per heavy atom. The van der Waals surface area contributed by atoms with Crippen molar-refractivity contribution in [1.82, 2.24) is 19.7 Å². The van der Waals surface area contributed by atoms with Crippen molar-refractivity contribution in [3.63, 3.8) is 0 Å². The van der Waals surface area contributed by atoms with Crippen molar-refractivity contribution >= 4 is 28.5 Å². The average Bonchev–Trinajstić information content (AvgIpc) is 3.07. The standard InChI is InChI=1S/C21H30N6O/c1-6-15(12-28)23-21-24-18-17(13(2)3)26-27(14(4)5)19(18)20(25-21)22-16-10-8-7-9-11-16/h7-11,13-15,28H,6,12H2,1-5H3,(H2,22,23,24,25). The minimum absolute atomic E-state index is 0.0294. The van der Waals surface area contributed by atoms with Gasteiger partial charge in [-0.1, -0.05) is 39.0 Å². The molecule has 0 radical (unpaired) electrons. The van der Waals surface area contributed by atoms with E-state index in [2.05, 4.69) is 38.3 Å². The van der Waals surface area contributed by atoms with Crippen molar-refractivity contribution in [2.75, 3.05) is 17.2 Å². The van der Waals surface area contributed by atoms with E-state index in [1.54, 1.807) is 0 Å². The van der Waals surface area contributed by atoms with Crippen molar-refractivity contribution in [2.24, 2.45) is 0 Å². The first-order valence-electron chi connectivity index (χ1n) is 9.94. The first-order chi connectivity index (χ1) is 13.4. The molecule has 28 heavy (non-hydrogen) atoms. The fourth-order valence-electron chi connectivity index (χ4n) is 3.10. The highest BCUT2D eigenvalue weighted by atomic mass is 16.3. The smallest absolute Gasteiger partial charge is 0.225 e. The Bertz CT molecular complexity index is 916. The molecule has 3 N–H and O–H groups in total. The fourth-order valence-corrected chi connectivity index (χ4v) is 3.10. The molecule has 0 saturated carbocycles. The van der Waals surface area contributed by atoms with E-state index < -0.39 is 0 Å². The van der Waals surface area contributed by atoms with Gasteiger partial charge in [0.25, 0.3) is 0 Å². The first-order valence-corrected chi connectivity index (χ1v) is 9.94. The van der Waals surface area contributed by atoms with Gasteiger partial charge >= 0.3 is 0 Å². The zero-order chi connectivity index (χ0) is 20.3. The number of nitrogens with zero attached hydrogens (tertiary/aromatic N) is 4. The molecule has 150 valence electrons. The number of aliphatic hydroxyl groups excluding tert-OH is 1. The highest BCUT2D eigenvalue weighted by Crippen LogP contribution is 2.32. The molecule has 2 heterocycles. The van der Waals surface area contributed by atoms with Gasteiger partial charge in [-0.2, -0.15) is 10.1 Å². The van der Waals surface area contributed by atoms with Gasteiger partial charge in [0.15, 0.2) is 5.82 Å². The highest BCUT2D eigenvalue weighted by Gasteiger charge is 2.22. The molecule has 7 heteroatoms. The van der Waals surface area contributed by atoms with E-state index in [4.69, 9.17) is 15.1 Å². The maximum absolute atomic E-state index is 9.57. The molecular formula is C21H30N6O. The number of fused-ring (bicyclic) bond motifs is 1. The lowest BCUT2D eigenvalue weighted by Crippen LogP contribution is -2.24. The Morgan fingerprint density at radius 1 is 1.07 bits per heavy atom. The van der Waals surface area contributed by atoms with Crippen LogP contribution in [-0.4, -0.2) is 37.5 Å². The van der Waals surface area contributed by atoms with Gasteiger partial charge in [0.2, 0.25) is 5.95 Å². The van der Waals surface area contributed by atoms with Crippen molar-refractivity contribution in [3.05, 3.63) is 36.0 Å². The third-order valence-electron chi connectivity index (χ3n) is 4.69. The molecule has 0 fully saturated rings. The number of benzene rings is 1. The van der Waals surface area contributed by atoms with Crippen LogP contribution in [0.25, 0.3) is 11.0 Å². The van der Waals surface area contributed by atoms with Gasteiger partial charge in [-0.15, -0.1) is 0 Å². The zero-order valence-corrected chi connectivity index (χ0v) is 17.3. The maximum Gasteiger partial charge on any atom is 0.225 e. The molecule has 2 aromatic heterocycles. The quantitative estimate of drug-likeness (QED) is 0.533. The predicted molar refractivity (Wildman–Crippen MR) is 114 cm³/mol. The average molecular weight is 383 g/mol. The Hall–Kier alpha value is -2.67. The Kier molecular flexibility index (Phi) is 6.14. The number of hydrogen-bond acceptors (Lipinski definition) is 6. The van der Waals surface area contributed by atoms with Crippen LogP contribution in [0.5, 0.6) is 0 Å². The summed E-state index contributed by atoms with van der Waals surface area (Å²) in [7, 11) is 0. The lowest BCUT2D eigenvalue weighted by molar-refractivity contribution is 0.271. The summed E-state index contributed by atoms with van der Waals surface area (Å²) in [5.74, 6) is 1.44. The van der Waals surface area contributed by atoms with E-state index in [0.29, 0.717) is 11.8 Å². The first kappa shape index (κ1) is 20.1. The summed E-state index contributed by atoms with van der Waals surface area (Å²) in [6.07, 6.45) is 0.779. The summed E-state index contributed by atoms with van der Waals surface area (Å²) in [4.78, 5) is 9.52. The monoisotopic (exact) mass is 382 g/mol. The van der Waals surface area contributed by atoms with Crippen molar-refractivity contribution in [1.29, 1.82) is 0 Å². The molecule has 7 nitrogen and oxygen atoms in total. The number of aliphatic hydroxyl groups is 1. The van der Waals surface area contributed by atoms with E-state index >= 15 is 0 Å². The maximum atomic E-state index is 9.57. The van der Waals surface area contributed by atoms with Crippen LogP contribution in [0.4, 0.5) is 17.5 Å². The largest absolute Gasteiger partial charge is 0.394 e. The molecule has 3 aromatic rings. The second-order valence-corrected chi connectivity index (χ2v) is 7.59. The molecule has 3 rings (SSSR count). The summed E-state index contributed by atoms with van der Waals surface area (Å²) in [5, 5.41) is 21.1. The summed E-state index contributed by atoms with van der Waals surface area (Å²) >= 11 is 0. The fraction of sp³-hybridized carbons (Fsp3) is 0.476. The van der Waals surface area contributed by atoms with Crippen molar-refractivity contribution < 1.29 is 5.11 Å². The molecule has 0 aliphatic heterocycles. The number of nitrogens with one attached hydrogen (secondary N) is 2. The van der Waals surface area contributed by atoms with Crippen LogP contribution < -0.4 is 10.6 Å². The van der Waals surface area contributed by atoms with Gasteiger partial charge < -0.3 is 15.7 Å². The van der Waals surface area contributed by atoms with Crippen LogP contribution >= 0.6 is 0 Å². The highest BCUT2D eigenvalue weighted by molar-refractivity contribution is 5.91. The minimum atomic E-state index is -0.0929. The van der Waals surface area contributed by atoms with E-state index in [0.717, 1.165) is 28.8 Å². The molecule has 0 spiro atoms. The summed E-state index contributed by atoms with van der Waals surface area (Å²) < 4.78 is 1.99. The Balaban J connectivity index is 2.20. The molecule has 1 aromatic carbocycles. The number of rotatable bonds is 8. The normalized spacial score (nSPS) is 12.7. The predicted octanol–water partition coefficient (Wildman–Crippen LogP) is 4.46. The van der Waals surface area contributed by atoms with E-state index in [9.17, 15) is 5.11 Å². The SMILES string of the molecule is CCC(CO)Nc1nc(Nc2ccccc2)c2c(n1)c(C(C)C)nn2C(C)C. The van der Waals surface area contributed by atoms with Crippen LogP contribution in [0.2, 0.25) is 0 Å². The third kappa shape index (κ3) is 4.09. The van der Waals surface area contributed by atoms with Crippen LogP contribution in [0.1, 0.15) is 58.7 Å². The summed E-state index contributed by atoms with van der Waals surface area (Å²) in [6.45, 7) is 10.5. The summed E-state index contributed by atoms with van der Waals surface area (Å²) in [6, 6.07) is 10.0. The van der Waals surface area contributed by atoms with Gasteiger partial charge in [0.05, 0.1) is 18.3 Å². The lowest BCUT2D eigenvalue weighted by atomic mass is 10.1. The second-order valence-electron chi connectivity index (χ2n) is 7.59. The molecule has 0 bridgehead atoms. The van der Waals surface area contributed by atoms with E-state index in [1.165, 1.54) is 0 Å². The lowest BCUT2D eigenvalue weighted by Gasteiger charge is -2.16. The molecule has 1 unspecified atom stereocenters. The number of aromatic nitrogens is 4. The van der Waals surface area contributed by atoms with Gasteiger partial charge in [-0.05, 0) is 38.3 Å². The Morgan fingerprint density at radius 3 is 2.36 bits per heavy atom. The van der Waals surface area contributed by atoms with Crippen LogP contribution in [0.15, 0.2) is 30.3 Å². The summed E-state index contributed by atoms with van der Waals surface area (Å²) in [5.41, 5.74) is 3.63. The van der Waals surface area contributed by atoms with E-state index in [-0.39, 0.29) is 24.6 Å². The van der Waals surface area contributed by atoms with Crippen LogP contribution in [-0.2, 0) is 0 Å². The van der Waals surface area contributed by atoms with Gasteiger partial charge in [-0.25, -0.2) is 4.98 Å². The molecule has 1 atom stereocenters. The number of anilines is 3. The minimum Gasteiger partial charge on any atom is -0.394 e. The topological polar surface area (TPSA) is 87.9 Å². The van der Waals surface area contributed by atoms with Gasteiger partial charge in [0.1, 0.15) is 11.0 Å². The van der Waals surface area contributed by atoms with Crippen molar-refractivity contribution in [3.8, 4) is 0 Å². The van der Waals surface area contributed by atoms with Crippen LogP contribution in [0.3, 0.4) is 0 Å². The number of para-hydroxylation sites is 1. The van der Waals surface area contributed by atoms with Gasteiger partial charge in [0, 0.05) is 11.7 Å².